The average molecular weight is 169 g/mol. The third-order valence-corrected chi connectivity index (χ3v) is 3.20. The van der Waals surface area contributed by atoms with E-state index < -0.39 is 0 Å². The molecule has 2 heteroatoms. The molecule has 1 unspecified atom stereocenters. The van der Waals surface area contributed by atoms with Crippen molar-refractivity contribution in [2.45, 2.75) is 38.1 Å². The second-order valence-electron chi connectivity index (χ2n) is 4.10. The highest BCUT2D eigenvalue weighted by Crippen LogP contribution is 2.44. The van der Waals surface area contributed by atoms with E-state index in [-0.39, 0.29) is 0 Å². The van der Waals surface area contributed by atoms with Crippen molar-refractivity contribution in [3.8, 4) is 0 Å². The van der Waals surface area contributed by atoms with Gasteiger partial charge in [0.15, 0.2) is 0 Å². The Balaban J connectivity index is 1.91. The standard InChI is InChI=1S/C10H19NO/c1-2-12-8-10(9-4-5-9)6-3-7-11-10/h9,11H,2-8H2,1H3. The molecule has 2 fully saturated rings. The topological polar surface area (TPSA) is 21.3 Å². The molecule has 70 valence electrons. The fourth-order valence-corrected chi connectivity index (χ4v) is 2.34. The van der Waals surface area contributed by atoms with Gasteiger partial charge in [0, 0.05) is 12.1 Å². The van der Waals surface area contributed by atoms with Gasteiger partial charge in [0.2, 0.25) is 0 Å². The van der Waals surface area contributed by atoms with E-state index in [9.17, 15) is 0 Å². The van der Waals surface area contributed by atoms with Crippen molar-refractivity contribution in [2.24, 2.45) is 5.92 Å². The van der Waals surface area contributed by atoms with Gasteiger partial charge in [0.05, 0.1) is 6.61 Å². The van der Waals surface area contributed by atoms with Crippen molar-refractivity contribution in [1.82, 2.24) is 5.32 Å². The number of hydrogen-bond acceptors (Lipinski definition) is 2. The van der Waals surface area contributed by atoms with Crippen molar-refractivity contribution in [3.63, 3.8) is 0 Å². The highest BCUT2D eigenvalue weighted by molar-refractivity contribution is 5.03. The van der Waals surface area contributed by atoms with Gasteiger partial charge in [-0.25, -0.2) is 0 Å². The zero-order chi connectivity index (χ0) is 8.44. The smallest absolute Gasteiger partial charge is 0.0650 e. The van der Waals surface area contributed by atoms with Crippen LogP contribution in [0, 0.1) is 5.92 Å². The Morgan fingerprint density at radius 1 is 1.50 bits per heavy atom. The molecule has 1 aliphatic carbocycles. The highest BCUT2D eigenvalue weighted by Gasteiger charge is 2.46. The molecule has 1 heterocycles. The largest absolute Gasteiger partial charge is 0.380 e. The van der Waals surface area contributed by atoms with Crippen molar-refractivity contribution in [2.75, 3.05) is 19.8 Å². The van der Waals surface area contributed by atoms with Crippen LogP contribution >= 0.6 is 0 Å². The second kappa shape index (κ2) is 3.35. The Morgan fingerprint density at radius 3 is 2.83 bits per heavy atom. The normalized spacial score (nSPS) is 35.8. The molecule has 0 amide bonds. The summed E-state index contributed by atoms with van der Waals surface area (Å²) in [4.78, 5) is 0. The van der Waals surface area contributed by atoms with Crippen molar-refractivity contribution >= 4 is 0 Å². The molecule has 0 spiro atoms. The molecule has 0 radical (unpaired) electrons. The van der Waals surface area contributed by atoms with E-state index in [4.69, 9.17) is 4.74 Å². The van der Waals surface area contributed by atoms with E-state index in [0.717, 1.165) is 19.1 Å². The molecule has 0 bridgehead atoms. The maximum atomic E-state index is 5.56. The zero-order valence-electron chi connectivity index (χ0n) is 7.94. The summed E-state index contributed by atoms with van der Waals surface area (Å²) in [5, 5.41) is 3.64. The number of nitrogens with one attached hydrogen (secondary N) is 1. The molecule has 12 heavy (non-hydrogen) atoms. The second-order valence-corrected chi connectivity index (χ2v) is 4.10. The molecule has 0 aromatic heterocycles. The maximum Gasteiger partial charge on any atom is 0.0650 e. The molecule has 2 nitrogen and oxygen atoms in total. The van der Waals surface area contributed by atoms with Gasteiger partial charge in [-0.1, -0.05) is 0 Å². The lowest BCUT2D eigenvalue weighted by molar-refractivity contribution is 0.0744. The van der Waals surface area contributed by atoms with Gasteiger partial charge in [-0.15, -0.1) is 0 Å². The first-order valence-electron chi connectivity index (χ1n) is 5.20. The highest BCUT2D eigenvalue weighted by atomic mass is 16.5. The fourth-order valence-electron chi connectivity index (χ4n) is 2.34. The lowest BCUT2D eigenvalue weighted by atomic mass is 9.92. The molecule has 1 saturated carbocycles. The average Bonchev–Trinajstić information content (AvgIpc) is 2.84. The van der Waals surface area contributed by atoms with Gasteiger partial charge in [0.25, 0.3) is 0 Å². The summed E-state index contributed by atoms with van der Waals surface area (Å²) in [5.74, 6) is 0.923. The fraction of sp³-hybridized carbons (Fsp3) is 1.00. The lowest BCUT2D eigenvalue weighted by Crippen LogP contribution is -2.46. The van der Waals surface area contributed by atoms with E-state index in [2.05, 4.69) is 12.2 Å². The van der Waals surface area contributed by atoms with E-state index in [1.165, 1.54) is 32.2 Å². The number of ether oxygens (including phenoxy) is 1. The summed E-state index contributed by atoms with van der Waals surface area (Å²) in [6.45, 7) is 5.07. The van der Waals surface area contributed by atoms with Crippen molar-refractivity contribution in [3.05, 3.63) is 0 Å². The Labute approximate surface area is 74.7 Å². The van der Waals surface area contributed by atoms with E-state index in [0.29, 0.717) is 5.54 Å². The first-order chi connectivity index (χ1) is 5.87. The van der Waals surface area contributed by atoms with Gasteiger partial charge < -0.3 is 10.1 Å². The van der Waals surface area contributed by atoms with Gasteiger partial charge in [-0.05, 0) is 45.1 Å². The van der Waals surface area contributed by atoms with Crippen LogP contribution in [0.3, 0.4) is 0 Å². The van der Waals surface area contributed by atoms with Gasteiger partial charge in [0.1, 0.15) is 0 Å². The predicted octanol–water partition coefficient (Wildman–Crippen LogP) is 1.56. The number of rotatable bonds is 4. The van der Waals surface area contributed by atoms with Crippen LogP contribution in [0.4, 0.5) is 0 Å². The molecule has 1 aliphatic heterocycles. The minimum atomic E-state index is 0.385. The summed E-state index contributed by atoms with van der Waals surface area (Å²) in [7, 11) is 0. The Morgan fingerprint density at radius 2 is 2.33 bits per heavy atom. The minimum Gasteiger partial charge on any atom is -0.380 e. The molecule has 0 aromatic carbocycles. The van der Waals surface area contributed by atoms with Crippen molar-refractivity contribution < 1.29 is 4.74 Å². The molecule has 2 aliphatic rings. The van der Waals surface area contributed by atoms with Crippen LogP contribution in [0.5, 0.6) is 0 Å². The number of hydrogen-bond donors (Lipinski definition) is 1. The third-order valence-electron chi connectivity index (χ3n) is 3.20. The van der Waals surface area contributed by atoms with Crippen molar-refractivity contribution in [1.29, 1.82) is 0 Å². The van der Waals surface area contributed by atoms with E-state index in [1.807, 2.05) is 0 Å². The molecule has 2 rings (SSSR count). The lowest BCUT2D eigenvalue weighted by Gasteiger charge is -2.29. The van der Waals surface area contributed by atoms with Crippen LogP contribution in [0.2, 0.25) is 0 Å². The van der Waals surface area contributed by atoms with E-state index in [1.54, 1.807) is 0 Å². The molecule has 1 N–H and O–H groups in total. The SMILES string of the molecule is CCOCC1(C2CC2)CCCN1. The summed E-state index contributed by atoms with van der Waals surface area (Å²) in [6.07, 6.45) is 5.50. The molecule has 1 saturated heterocycles. The van der Waals surface area contributed by atoms with Crippen LogP contribution in [-0.2, 0) is 4.74 Å². The monoisotopic (exact) mass is 169 g/mol. The van der Waals surface area contributed by atoms with Crippen LogP contribution in [-0.4, -0.2) is 25.3 Å². The van der Waals surface area contributed by atoms with Crippen LogP contribution < -0.4 is 5.32 Å². The van der Waals surface area contributed by atoms with Gasteiger partial charge in [-0.3, -0.25) is 0 Å². The third kappa shape index (κ3) is 1.50. The first kappa shape index (κ1) is 8.52. The molecular weight excluding hydrogens is 150 g/mol. The summed E-state index contributed by atoms with van der Waals surface area (Å²) < 4.78 is 5.56. The summed E-state index contributed by atoms with van der Waals surface area (Å²) in [6, 6.07) is 0. The Bertz CT molecular complexity index is 148. The quantitative estimate of drug-likeness (QED) is 0.689. The summed E-state index contributed by atoms with van der Waals surface area (Å²) in [5.41, 5.74) is 0.385. The maximum absolute atomic E-state index is 5.56. The van der Waals surface area contributed by atoms with Crippen LogP contribution in [0.1, 0.15) is 32.6 Å². The van der Waals surface area contributed by atoms with Crippen LogP contribution in [0.25, 0.3) is 0 Å². The zero-order valence-corrected chi connectivity index (χ0v) is 7.94. The Hall–Kier alpha value is -0.0800. The predicted molar refractivity (Wildman–Crippen MR) is 49.2 cm³/mol. The summed E-state index contributed by atoms with van der Waals surface area (Å²) >= 11 is 0. The van der Waals surface area contributed by atoms with E-state index >= 15 is 0 Å². The molecular formula is C10H19NO. The van der Waals surface area contributed by atoms with Gasteiger partial charge in [-0.2, -0.15) is 0 Å². The first-order valence-corrected chi connectivity index (χ1v) is 5.20. The van der Waals surface area contributed by atoms with Gasteiger partial charge >= 0.3 is 0 Å². The Kier molecular flexibility index (Phi) is 2.37. The molecule has 0 aromatic rings. The molecule has 1 atom stereocenters. The van der Waals surface area contributed by atoms with Crippen LogP contribution in [0.15, 0.2) is 0 Å². The minimum absolute atomic E-state index is 0.385.